The highest BCUT2D eigenvalue weighted by molar-refractivity contribution is 9.10. The summed E-state index contributed by atoms with van der Waals surface area (Å²) in [7, 11) is 1.45. The number of carbonyl (C=O) groups excluding carboxylic acids is 2. The number of pyridine rings is 1. The lowest BCUT2D eigenvalue weighted by molar-refractivity contribution is 0.0960. The van der Waals surface area contributed by atoms with Crippen LogP contribution in [-0.2, 0) is 0 Å². The molecule has 0 aliphatic carbocycles. The van der Waals surface area contributed by atoms with Crippen LogP contribution in [0.5, 0.6) is 0 Å². The fourth-order valence-corrected chi connectivity index (χ4v) is 4.29. The fraction of sp³-hybridized carbons (Fsp3) is 0.0588. The van der Waals surface area contributed by atoms with Gasteiger partial charge in [-0.15, -0.1) is 0 Å². The zero-order valence-electron chi connectivity index (χ0n) is 14.4. The lowest BCUT2D eigenvalue weighted by Gasteiger charge is -2.13. The van der Waals surface area contributed by atoms with E-state index in [0.29, 0.717) is 5.02 Å². The summed E-state index contributed by atoms with van der Waals surface area (Å²) in [5.41, 5.74) is 6.07. The van der Waals surface area contributed by atoms with Gasteiger partial charge in [0.05, 0.1) is 26.2 Å². The lowest BCUT2D eigenvalue weighted by Crippen LogP contribution is -2.21. The largest absolute Gasteiger partial charge is 0.364 e. The number of halogens is 5. The molecule has 0 fully saturated rings. The lowest BCUT2D eigenvalue weighted by atomic mass is 9.99. The molecule has 29 heavy (non-hydrogen) atoms. The summed E-state index contributed by atoms with van der Waals surface area (Å²) in [5.74, 6) is -1.20. The van der Waals surface area contributed by atoms with E-state index in [1.54, 1.807) is 0 Å². The van der Waals surface area contributed by atoms with Crippen molar-refractivity contribution in [1.29, 1.82) is 0 Å². The van der Waals surface area contributed by atoms with E-state index in [2.05, 4.69) is 31.3 Å². The third-order valence-electron chi connectivity index (χ3n) is 3.84. The van der Waals surface area contributed by atoms with Crippen LogP contribution < -0.4 is 11.1 Å². The number of nitrogens with zero attached hydrogens (tertiary/aromatic N) is 3. The van der Waals surface area contributed by atoms with Crippen LogP contribution in [0.25, 0.3) is 16.9 Å². The maximum atomic E-state index is 12.4. The second-order valence-electron chi connectivity index (χ2n) is 5.64. The van der Waals surface area contributed by atoms with Crippen molar-refractivity contribution >= 4 is 74.1 Å². The maximum Gasteiger partial charge on any atom is 0.268 e. The first-order chi connectivity index (χ1) is 13.6. The molecule has 2 heterocycles. The van der Waals surface area contributed by atoms with E-state index in [1.165, 1.54) is 31.4 Å². The molecule has 0 saturated carbocycles. The highest BCUT2D eigenvalue weighted by Crippen LogP contribution is 2.41. The summed E-state index contributed by atoms with van der Waals surface area (Å²) in [6.45, 7) is 0. The van der Waals surface area contributed by atoms with E-state index in [4.69, 9.17) is 52.1 Å². The van der Waals surface area contributed by atoms with Crippen LogP contribution in [0, 0.1) is 0 Å². The smallest absolute Gasteiger partial charge is 0.268 e. The molecule has 0 aliphatic rings. The monoisotopic (exact) mass is 535 g/mol. The molecular weight excluding hydrogens is 528 g/mol. The highest BCUT2D eigenvalue weighted by atomic mass is 79.9. The Labute approximate surface area is 193 Å². The van der Waals surface area contributed by atoms with Gasteiger partial charge >= 0.3 is 0 Å². The topological polar surface area (TPSA) is 103 Å². The number of carbonyl (C=O) groups is 2. The van der Waals surface area contributed by atoms with Crippen LogP contribution in [0.4, 0.5) is 0 Å². The number of benzene rings is 1. The third kappa shape index (κ3) is 4.08. The van der Waals surface area contributed by atoms with Crippen molar-refractivity contribution in [3.8, 4) is 16.9 Å². The molecule has 7 nitrogen and oxygen atoms in total. The van der Waals surface area contributed by atoms with E-state index in [0.717, 1.165) is 4.68 Å². The van der Waals surface area contributed by atoms with Crippen LogP contribution in [0.1, 0.15) is 20.8 Å². The number of rotatable bonds is 4. The van der Waals surface area contributed by atoms with Gasteiger partial charge < -0.3 is 11.1 Å². The predicted octanol–water partition coefficient (Wildman–Crippen LogP) is 4.77. The van der Waals surface area contributed by atoms with Crippen molar-refractivity contribution < 1.29 is 9.59 Å². The number of amides is 2. The van der Waals surface area contributed by atoms with E-state index < -0.39 is 11.8 Å². The number of nitrogens with one attached hydrogen (secondary N) is 1. The van der Waals surface area contributed by atoms with Gasteiger partial charge in [0.25, 0.3) is 11.8 Å². The molecule has 0 atom stereocenters. The number of primary amides is 1. The second-order valence-corrected chi connectivity index (χ2v) is 8.08. The molecule has 0 unspecified atom stereocenters. The summed E-state index contributed by atoms with van der Waals surface area (Å²) < 4.78 is 1.34. The Bertz CT molecular complexity index is 1170. The number of hydrogen-bond acceptors (Lipinski definition) is 4. The zero-order valence-corrected chi connectivity index (χ0v) is 19.0. The first-order valence-electron chi connectivity index (χ1n) is 7.77. The molecule has 0 bridgehead atoms. The van der Waals surface area contributed by atoms with Crippen molar-refractivity contribution in [2.45, 2.75) is 0 Å². The standard InChI is InChI=1S/C17H10BrCl4N5O2/c1-24-17(29)8-2-6(19)3-9(21)11(8)12-13(15(23)28)27(26-14(12)18)16-10(22)4-7(20)5-25-16/h2-5H,1H3,(H2,23,28)(H,24,29). The Hall–Kier alpha value is -1.84. The zero-order chi connectivity index (χ0) is 21.5. The maximum absolute atomic E-state index is 12.4. The van der Waals surface area contributed by atoms with Crippen molar-refractivity contribution in [2.24, 2.45) is 5.73 Å². The summed E-state index contributed by atoms with van der Waals surface area (Å²) in [4.78, 5) is 28.9. The first-order valence-corrected chi connectivity index (χ1v) is 10.1. The van der Waals surface area contributed by atoms with Gasteiger partial charge in [0.1, 0.15) is 10.3 Å². The summed E-state index contributed by atoms with van der Waals surface area (Å²) in [6.07, 6.45) is 1.34. The van der Waals surface area contributed by atoms with Crippen molar-refractivity contribution in [1.82, 2.24) is 20.1 Å². The average molecular weight is 538 g/mol. The number of hydrogen-bond donors (Lipinski definition) is 2. The predicted molar refractivity (Wildman–Crippen MR) is 116 cm³/mol. The quantitative estimate of drug-likeness (QED) is 0.500. The molecule has 150 valence electrons. The molecular formula is C17H10BrCl4N5O2. The summed E-state index contributed by atoms with van der Waals surface area (Å²) in [6, 6.07) is 4.30. The molecule has 0 saturated heterocycles. The van der Waals surface area contributed by atoms with Gasteiger partial charge in [-0.3, -0.25) is 9.59 Å². The van der Waals surface area contributed by atoms with Gasteiger partial charge in [0.2, 0.25) is 0 Å². The third-order valence-corrected chi connectivity index (χ3v) is 5.40. The van der Waals surface area contributed by atoms with Gasteiger partial charge in [-0.05, 0) is 34.1 Å². The van der Waals surface area contributed by atoms with E-state index in [1.807, 2.05) is 0 Å². The van der Waals surface area contributed by atoms with Gasteiger partial charge in [0, 0.05) is 23.8 Å². The Morgan fingerprint density at radius 3 is 2.31 bits per heavy atom. The SMILES string of the molecule is CNC(=O)c1cc(Cl)cc(Cl)c1-c1c(Br)nn(-c2ncc(Cl)cc2Cl)c1C(N)=O. The molecule has 3 aromatic rings. The minimum absolute atomic E-state index is 0.0945. The minimum atomic E-state index is -0.847. The molecule has 3 rings (SSSR count). The average Bonchev–Trinajstić information content (AvgIpc) is 2.97. The Morgan fingerprint density at radius 2 is 1.72 bits per heavy atom. The Balaban J connectivity index is 2.40. The van der Waals surface area contributed by atoms with E-state index in [-0.39, 0.29) is 47.9 Å². The van der Waals surface area contributed by atoms with Crippen molar-refractivity contribution in [2.75, 3.05) is 7.05 Å². The minimum Gasteiger partial charge on any atom is -0.364 e. The molecule has 1 aromatic carbocycles. The number of nitrogens with two attached hydrogens (primary N) is 1. The summed E-state index contributed by atoms with van der Waals surface area (Å²) in [5, 5.41) is 7.58. The Morgan fingerprint density at radius 1 is 1.07 bits per heavy atom. The van der Waals surface area contributed by atoms with Gasteiger partial charge in [-0.2, -0.15) is 5.10 Å². The molecule has 0 aliphatic heterocycles. The number of aromatic nitrogens is 3. The highest BCUT2D eigenvalue weighted by Gasteiger charge is 2.29. The van der Waals surface area contributed by atoms with Crippen LogP contribution in [0.2, 0.25) is 20.1 Å². The molecule has 2 amide bonds. The first kappa shape index (κ1) is 21.9. The van der Waals surface area contributed by atoms with Crippen molar-refractivity contribution in [3.63, 3.8) is 0 Å². The van der Waals surface area contributed by atoms with E-state index >= 15 is 0 Å². The fourth-order valence-electron chi connectivity index (χ4n) is 2.70. The molecule has 0 radical (unpaired) electrons. The van der Waals surface area contributed by atoms with Crippen LogP contribution in [0.15, 0.2) is 29.0 Å². The van der Waals surface area contributed by atoms with Crippen molar-refractivity contribution in [3.05, 3.63) is 60.3 Å². The molecule has 12 heteroatoms. The summed E-state index contributed by atoms with van der Waals surface area (Å²) >= 11 is 27.9. The Kier molecular flexibility index (Phi) is 6.40. The van der Waals surface area contributed by atoms with Crippen LogP contribution >= 0.6 is 62.3 Å². The van der Waals surface area contributed by atoms with E-state index in [9.17, 15) is 9.59 Å². The molecule has 3 N–H and O–H groups in total. The van der Waals surface area contributed by atoms with Gasteiger partial charge in [0.15, 0.2) is 5.82 Å². The molecule has 0 spiro atoms. The van der Waals surface area contributed by atoms with Gasteiger partial charge in [-0.1, -0.05) is 46.4 Å². The molecule has 2 aromatic heterocycles. The van der Waals surface area contributed by atoms with Crippen LogP contribution in [-0.4, -0.2) is 33.6 Å². The normalized spacial score (nSPS) is 10.8. The van der Waals surface area contributed by atoms with Crippen LogP contribution in [0.3, 0.4) is 0 Å². The van der Waals surface area contributed by atoms with Gasteiger partial charge in [-0.25, -0.2) is 9.67 Å². The second kappa shape index (κ2) is 8.49.